The number of hydrogen-bond acceptors (Lipinski definition) is 3. The first-order chi connectivity index (χ1) is 10.4. The molecule has 0 bridgehead atoms. The molecule has 1 aromatic rings. The van der Waals surface area contributed by atoms with Crippen molar-refractivity contribution in [3.8, 4) is 0 Å². The third-order valence-corrected chi connectivity index (χ3v) is 3.69. The molecular formula is C15H14F3N3O. The van der Waals surface area contributed by atoms with Crippen LogP contribution >= 0.6 is 0 Å². The van der Waals surface area contributed by atoms with Gasteiger partial charge in [0.1, 0.15) is 12.4 Å². The molecule has 0 saturated heterocycles. The van der Waals surface area contributed by atoms with Gasteiger partial charge in [0.05, 0.1) is 5.56 Å². The number of nitrogens with one attached hydrogen (secondary N) is 2. The van der Waals surface area contributed by atoms with Crippen LogP contribution in [0.5, 0.6) is 0 Å². The third kappa shape index (κ3) is 2.84. The standard InChI is InChI=1S/C15H14F3N3O/c16-15(17,18)12-7-10(14-19-8-13(22)20-21-14)5-6-11(12)9-3-1-2-4-9/h3,5-7H,1-2,4,8H2,(H,19,21)(H,20,22). The molecule has 0 aromatic heterocycles. The van der Waals surface area contributed by atoms with E-state index in [4.69, 9.17) is 0 Å². The first-order valence-corrected chi connectivity index (χ1v) is 6.95. The number of carbonyl (C=O) groups excluding carboxylic acids is 1. The number of halogens is 3. The molecule has 1 aliphatic heterocycles. The Balaban J connectivity index is 2.03. The van der Waals surface area contributed by atoms with Gasteiger partial charge in [0.25, 0.3) is 5.91 Å². The largest absolute Gasteiger partial charge is 0.417 e. The zero-order valence-electron chi connectivity index (χ0n) is 11.6. The highest BCUT2D eigenvalue weighted by Crippen LogP contribution is 2.38. The minimum absolute atomic E-state index is 0.101. The van der Waals surface area contributed by atoms with Gasteiger partial charge in [0.15, 0.2) is 0 Å². The summed E-state index contributed by atoms with van der Waals surface area (Å²) in [5, 5.41) is 0. The maximum atomic E-state index is 13.4. The molecule has 7 heteroatoms. The van der Waals surface area contributed by atoms with Crippen molar-refractivity contribution in [3.05, 3.63) is 41.0 Å². The predicted molar refractivity (Wildman–Crippen MR) is 76.0 cm³/mol. The average Bonchev–Trinajstić information content (AvgIpc) is 3.01. The normalized spacial score (nSPS) is 18.4. The lowest BCUT2D eigenvalue weighted by molar-refractivity contribution is -0.137. The summed E-state index contributed by atoms with van der Waals surface area (Å²) >= 11 is 0. The Kier molecular flexibility index (Phi) is 3.64. The summed E-state index contributed by atoms with van der Waals surface area (Å²) in [6, 6.07) is 4.15. The van der Waals surface area contributed by atoms with Gasteiger partial charge in [-0.1, -0.05) is 18.2 Å². The summed E-state index contributed by atoms with van der Waals surface area (Å²) in [5.41, 5.74) is 5.47. The molecule has 0 radical (unpaired) electrons. The number of nitrogens with zero attached hydrogens (tertiary/aromatic N) is 1. The fourth-order valence-electron chi connectivity index (χ4n) is 2.64. The van der Waals surface area contributed by atoms with Crippen LogP contribution in [0, 0.1) is 0 Å². The molecule has 22 heavy (non-hydrogen) atoms. The van der Waals surface area contributed by atoms with Crippen LogP contribution in [0.15, 0.2) is 29.3 Å². The van der Waals surface area contributed by atoms with Gasteiger partial charge in [-0.2, -0.15) is 13.2 Å². The zero-order valence-corrected chi connectivity index (χ0v) is 11.6. The van der Waals surface area contributed by atoms with Crippen molar-refractivity contribution in [2.24, 2.45) is 4.99 Å². The van der Waals surface area contributed by atoms with Crippen molar-refractivity contribution in [1.29, 1.82) is 0 Å². The van der Waals surface area contributed by atoms with Crippen LogP contribution in [-0.4, -0.2) is 18.3 Å². The highest BCUT2D eigenvalue weighted by molar-refractivity contribution is 6.03. The molecule has 1 aliphatic carbocycles. The zero-order chi connectivity index (χ0) is 15.7. The van der Waals surface area contributed by atoms with Crippen LogP contribution < -0.4 is 10.9 Å². The Bertz CT molecular complexity index is 677. The van der Waals surface area contributed by atoms with Gasteiger partial charge in [-0.15, -0.1) is 0 Å². The van der Waals surface area contributed by atoms with E-state index in [0.717, 1.165) is 24.5 Å². The SMILES string of the molecule is O=C1CN=C(c2ccc(C3=CCCC3)c(C(F)(F)F)c2)NN1. The minimum Gasteiger partial charge on any atom is -0.282 e. The maximum absolute atomic E-state index is 13.4. The lowest BCUT2D eigenvalue weighted by Gasteiger charge is -2.19. The number of aliphatic imine (C=N–C) groups is 1. The number of amidine groups is 1. The van der Waals surface area contributed by atoms with E-state index < -0.39 is 11.7 Å². The Labute approximate surface area is 125 Å². The fourth-order valence-corrected chi connectivity index (χ4v) is 2.64. The summed E-state index contributed by atoms with van der Waals surface area (Å²) in [4.78, 5) is 15.0. The Hall–Kier alpha value is -2.31. The Morgan fingerprint density at radius 2 is 2.00 bits per heavy atom. The molecule has 2 aliphatic rings. The van der Waals surface area contributed by atoms with Crippen LogP contribution in [0.4, 0.5) is 13.2 Å². The van der Waals surface area contributed by atoms with E-state index in [-0.39, 0.29) is 23.9 Å². The molecule has 0 atom stereocenters. The van der Waals surface area contributed by atoms with E-state index in [1.54, 1.807) is 6.07 Å². The summed E-state index contributed by atoms with van der Waals surface area (Å²) in [6.07, 6.45) is -0.213. The number of benzene rings is 1. The maximum Gasteiger partial charge on any atom is 0.417 e. The fraction of sp³-hybridized carbons (Fsp3) is 0.333. The molecule has 1 aromatic carbocycles. The van der Waals surface area contributed by atoms with Gasteiger partial charge < -0.3 is 0 Å². The number of alkyl halides is 3. The summed E-state index contributed by atoms with van der Waals surface area (Å²) < 4.78 is 40.1. The average molecular weight is 309 g/mol. The van der Waals surface area contributed by atoms with Gasteiger partial charge in [-0.3, -0.25) is 20.6 Å². The number of rotatable bonds is 2. The van der Waals surface area contributed by atoms with Gasteiger partial charge in [0.2, 0.25) is 0 Å². The number of allylic oxidation sites excluding steroid dienone is 2. The Morgan fingerprint density at radius 1 is 1.18 bits per heavy atom. The first-order valence-electron chi connectivity index (χ1n) is 6.95. The number of hydrogen-bond donors (Lipinski definition) is 2. The topological polar surface area (TPSA) is 53.5 Å². The molecule has 0 saturated carbocycles. The van der Waals surface area contributed by atoms with E-state index in [1.165, 1.54) is 6.07 Å². The van der Waals surface area contributed by atoms with Crippen molar-refractivity contribution >= 4 is 17.3 Å². The molecule has 1 amide bonds. The lowest BCUT2D eigenvalue weighted by atomic mass is 9.96. The molecule has 3 rings (SSSR count). The van der Waals surface area contributed by atoms with E-state index in [1.807, 2.05) is 6.08 Å². The molecular weight excluding hydrogens is 295 g/mol. The minimum atomic E-state index is -4.44. The molecule has 116 valence electrons. The van der Waals surface area contributed by atoms with Crippen molar-refractivity contribution in [2.45, 2.75) is 25.4 Å². The highest BCUT2D eigenvalue weighted by Gasteiger charge is 2.35. The second kappa shape index (κ2) is 5.47. The number of amides is 1. The van der Waals surface area contributed by atoms with Crippen LogP contribution in [0.3, 0.4) is 0 Å². The van der Waals surface area contributed by atoms with Crippen molar-refractivity contribution in [3.63, 3.8) is 0 Å². The molecule has 2 N–H and O–H groups in total. The van der Waals surface area contributed by atoms with E-state index >= 15 is 0 Å². The summed E-state index contributed by atoms with van der Waals surface area (Å²) in [5.74, 6) is -0.0930. The van der Waals surface area contributed by atoms with Gasteiger partial charge in [-0.25, -0.2) is 0 Å². The van der Waals surface area contributed by atoms with Crippen molar-refractivity contribution in [1.82, 2.24) is 10.9 Å². The van der Waals surface area contributed by atoms with Crippen LogP contribution in [-0.2, 0) is 11.0 Å². The van der Waals surface area contributed by atoms with Gasteiger partial charge in [0, 0.05) is 5.56 Å². The molecule has 0 unspecified atom stereocenters. The van der Waals surface area contributed by atoms with Gasteiger partial charge in [-0.05, 0) is 36.5 Å². The van der Waals surface area contributed by atoms with Crippen LogP contribution in [0.1, 0.15) is 36.0 Å². The third-order valence-electron chi connectivity index (χ3n) is 3.69. The second-order valence-electron chi connectivity index (χ2n) is 5.22. The predicted octanol–water partition coefficient (Wildman–Crippen LogP) is 2.65. The molecule has 0 spiro atoms. The summed E-state index contributed by atoms with van der Waals surface area (Å²) in [7, 11) is 0. The van der Waals surface area contributed by atoms with E-state index in [9.17, 15) is 18.0 Å². The first kappa shape index (κ1) is 14.6. The second-order valence-corrected chi connectivity index (χ2v) is 5.22. The van der Waals surface area contributed by atoms with Crippen molar-refractivity contribution < 1.29 is 18.0 Å². The molecule has 1 heterocycles. The smallest absolute Gasteiger partial charge is 0.282 e. The number of hydrazine groups is 1. The summed E-state index contributed by atoms with van der Waals surface area (Å²) in [6.45, 7) is -0.101. The van der Waals surface area contributed by atoms with Crippen molar-refractivity contribution in [2.75, 3.05) is 6.54 Å². The van der Waals surface area contributed by atoms with Gasteiger partial charge >= 0.3 is 6.18 Å². The monoisotopic (exact) mass is 309 g/mol. The molecule has 0 fully saturated rings. The Morgan fingerprint density at radius 3 is 2.59 bits per heavy atom. The highest BCUT2D eigenvalue weighted by atomic mass is 19.4. The van der Waals surface area contributed by atoms with Crippen LogP contribution in [0.2, 0.25) is 0 Å². The quantitative estimate of drug-likeness (QED) is 0.882. The van der Waals surface area contributed by atoms with Crippen LogP contribution in [0.25, 0.3) is 5.57 Å². The molecule has 4 nitrogen and oxygen atoms in total. The van der Waals surface area contributed by atoms with E-state index in [0.29, 0.717) is 12.0 Å². The number of carbonyl (C=O) groups is 1. The van der Waals surface area contributed by atoms with E-state index in [2.05, 4.69) is 15.8 Å². The lowest BCUT2D eigenvalue weighted by Crippen LogP contribution is -2.47.